The molecule has 0 aromatic carbocycles. The van der Waals surface area contributed by atoms with Crippen LogP contribution in [0, 0.1) is 5.41 Å². The van der Waals surface area contributed by atoms with Crippen LogP contribution in [-0.4, -0.2) is 37.0 Å². The smallest absolute Gasteiger partial charge is 0.264 e. The molecule has 1 spiro atoms. The highest BCUT2D eigenvalue weighted by atomic mass is 32.1. The molecule has 20 heavy (non-hydrogen) atoms. The van der Waals surface area contributed by atoms with Crippen molar-refractivity contribution in [1.29, 1.82) is 0 Å². The Hall–Kier alpha value is -0.870. The Kier molecular flexibility index (Phi) is 3.11. The molecule has 108 valence electrons. The highest BCUT2D eigenvalue weighted by Gasteiger charge is 2.39. The molecule has 3 fully saturated rings. The lowest BCUT2D eigenvalue weighted by Crippen LogP contribution is -2.44. The maximum absolute atomic E-state index is 12.7. The number of nitrogens with one attached hydrogen (secondary N) is 1. The third kappa shape index (κ3) is 2.19. The van der Waals surface area contributed by atoms with Crippen LogP contribution in [0.3, 0.4) is 0 Å². The van der Waals surface area contributed by atoms with Crippen molar-refractivity contribution in [2.75, 3.05) is 26.2 Å². The average Bonchev–Trinajstić information content (AvgIpc) is 3.03. The Morgan fingerprint density at radius 2 is 2.10 bits per heavy atom. The largest absolute Gasteiger partial charge is 0.338 e. The van der Waals surface area contributed by atoms with Crippen molar-refractivity contribution in [2.24, 2.45) is 5.41 Å². The molecular weight excluding hydrogens is 268 g/mol. The molecule has 0 unspecified atom stereocenters. The van der Waals surface area contributed by atoms with E-state index in [0.29, 0.717) is 17.2 Å². The summed E-state index contributed by atoms with van der Waals surface area (Å²) in [4.78, 5) is 15.9. The number of nitrogens with zero attached hydrogens (tertiary/aromatic N) is 1. The molecule has 0 bridgehead atoms. The lowest BCUT2D eigenvalue weighted by molar-refractivity contribution is 0.0611. The first-order valence-corrected chi connectivity index (χ1v) is 8.73. The van der Waals surface area contributed by atoms with E-state index in [0.717, 1.165) is 31.1 Å². The Balaban J connectivity index is 1.45. The highest BCUT2D eigenvalue weighted by Crippen LogP contribution is 2.44. The quantitative estimate of drug-likeness (QED) is 0.908. The molecule has 0 atom stereocenters. The van der Waals surface area contributed by atoms with E-state index < -0.39 is 0 Å². The second-order valence-electron chi connectivity index (χ2n) is 6.70. The minimum Gasteiger partial charge on any atom is -0.338 e. The molecule has 1 aromatic heterocycles. The summed E-state index contributed by atoms with van der Waals surface area (Å²) >= 11 is 1.64. The van der Waals surface area contributed by atoms with Gasteiger partial charge < -0.3 is 10.2 Å². The van der Waals surface area contributed by atoms with Crippen LogP contribution < -0.4 is 5.32 Å². The van der Waals surface area contributed by atoms with Gasteiger partial charge in [0.15, 0.2) is 0 Å². The van der Waals surface area contributed by atoms with Crippen LogP contribution in [0.4, 0.5) is 0 Å². The summed E-state index contributed by atoms with van der Waals surface area (Å²) in [7, 11) is 0. The monoisotopic (exact) mass is 290 g/mol. The first-order chi connectivity index (χ1) is 9.77. The van der Waals surface area contributed by atoms with Crippen LogP contribution in [0.2, 0.25) is 0 Å². The van der Waals surface area contributed by atoms with E-state index >= 15 is 0 Å². The molecule has 3 nitrogen and oxygen atoms in total. The predicted octanol–water partition coefficient (Wildman–Crippen LogP) is 2.84. The second kappa shape index (κ2) is 4.85. The fourth-order valence-corrected chi connectivity index (χ4v) is 4.71. The molecule has 3 aliphatic rings. The number of likely N-dealkylation sites (tertiary alicyclic amines) is 1. The van der Waals surface area contributed by atoms with E-state index in [-0.39, 0.29) is 0 Å². The van der Waals surface area contributed by atoms with E-state index in [1.807, 2.05) is 0 Å². The fourth-order valence-electron chi connectivity index (χ4n) is 3.76. The van der Waals surface area contributed by atoms with Gasteiger partial charge in [-0.2, -0.15) is 0 Å². The van der Waals surface area contributed by atoms with Crippen LogP contribution in [0.15, 0.2) is 11.4 Å². The second-order valence-corrected chi connectivity index (χ2v) is 7.61. The van der Waals surface area contributed by atoms with E-state index in [1.54, 1.807) is 11.3 Å². The van der Waals surface area contributed by atoms with Gasteiger partial charge in [0.1, 0.15) is 0 Å². The number of thiophene rings is 1. The zero-order valence-corrected chi connectivity index (χ0v) is 12.7. The van der Waals surface area contributed by atoms with E-state index in [9.17, 15) is 4.79 Å². The molecule has 4 heteroatoms. The molecule has 1 amide bonds. The summed E-state index contributed by atoms with van der Waals surface area (Å²) in [5, 5.41) is 5.58. The number of carbonyl (C=O) groups excluding carboxylic acids is 1. The number of hydrogen-bond donors (Lipinski definition) is 1. The van der Waals surface area contributed by atoms with Crippen molar-refractivity contribution in [3.05, 3.63) is 21.9 Å². The van der Waals surface area contributed by atoms with Gasteiger partial charge in [-0.05, 0) is 67.0 Å². The number of amides is 1. The van der Waals surface area contributed by atoms with E-state index in [4.69, 9.17) is 0 Å². The van der Waals surface area contributed by atoms with Crippen LogP contribution in [-0.2, 0) is 0 Å². The molecule has 2 saturated heterocycles. The van der Waals surface area contributed by atoms with E-state index in [1.165, 1.54) is 37.7 Å². The van der Waals surface area contributed by atoms with Crippen molar-refractivity contribution in [3.8, 4) is 0 Å². The predicted molar refractivity (Wildman–Crippen MR) is 81.4 cm³/mol. The zero-order valence-electron chi connectivity index (χ0n) is 11.9. The lowest BCUT2D eigenvalue weighted by Gasteiger charge is -2.38. The molecule has 1 aromatic rings. The minimum absolute atomic E-state index is 0.294. The SMILES string of the molecule is O=C(c1sccc1C1CC1)N1CCC2(CCNC2)CC1. The Morgan fingerprint density at radius 1 is 1.30 bits per heavy atom. The molecule has 1 N–H and O–H groups in total. The standard InChI is InChI=1S/C16H22N2OS/c19-15(14-13(3-10-20-14)12-1-2-12)18-8-5-16(6-9-18)4-7-17-11-16/h3,10,12,17H,1-2,4-9,11H2. The fraction of sp³-hybridized carbons (Fsp3) is 0.688. The summed E-state index contributed by atoms with van der Waals surface area (Å²) < 4.78 is 0. The first kappa shape index (κ1) is 12.8. The number of hydrogen-bond acceptors (Lipinski definition) is 3. The molecule has 0 radical (unpaired) electrons. The third-order valence-corrected chi connectivity index (χ3v) is 6.27. The maximum Gasteiger partial charge on any atom is 0.264 e. The van der Waals surface area contributed by atoms with Crippen molar-refractivity contribution in [1.82, 2.24) is 10.2 Å². The molecule has 4 rings (SSSR count). The van der Waals surface area contributed by atoms with Crippen molar-refractivity contribution >= 4 is 17.2 Å². The van der Waals surface area contributed by atoms with Crippen LogP contribution in [0.1, 0.15) is 53.3 Å². The summed E-state index contributed by atoms with van der Waals surface area (Å²) in [6.07, 6.45) is 6.19. The van der Waals surface area contributed by atoms with Crippen molar-refractivity contribution in [2.45, 2.75) is 38.0 Å². The molecular formula is C16H22N2OS. The lowest BCUT2D eigenvalue weighted by atomic mass is 9.78. The van der Waals surface area contributed by atoms with Crippen LogP contribution >= 0.6 is 11.3 Å². The van der Waals surface area contributed by atoms with Gasteiger partial charge >= 0.3 is 0 Å². The van der Waals surface area contributed by atoms with Gasteiger partial charge in [-0.3, -0.25) is 4.79 Å². The zero-order chi connectivity index (χ0) is 13.6. The summed E-state index contributed by atoms with van der Waals surface area (Å²) in [6.45, 7) is 4.21. The number of carbonyl (C=O) groups is 1. The van der Waals surface area contributed by atoms with Gasteiger partial charge in [-0.25, -0.2) is 0 Å². The van der Waals surface area contributed by atoms with Crippen molar-refractivity contribution in [3.63, 3.8) is 0 Å². The van der Waals surface area contributed by atoms with Gasteiger partial charge in [-0.1, -0.05) is 0 Å². The maximum atomic E-state index is 12.7. The molecule has 1 aliphatic carbocycles. The summed E-state index contributed by atoms with van der Waals surface area (Å²) in [5.74, 6) is 0.970. The van der Waals surface area contributed by atoms with Crippen LogP contribution in [0.5, 0.6) is 0 Å². The third-order valence-electron chi connectivity index (χ3n) is 5.35. The average molecular weight is 290 g/mol. The van der Waals surface area contributed by atoms with Gasteiger partial charge in [0, 0.05) is 19.6 Å². The molecule has 3 heterocycles. The normalized spacial score (nSPS) is 25.3. The topological polar surface area (TPSA) is 32.3 Å². The van der Waals surface area contributed by atoms with Gasteiger partial charge in [-0.15, -0.1) is 11.3 Å². The Labute approximate surface area is 124 Å². The van der Waals surface area contributed by atoms with Crippen LogP contribution in [0.25, 0.3) is 0 Å². The first-order valence-electron chi connectivity index (χ1n) is 7.85. The van der Waals surface area contributed by atoms with E-state index in [2.05, 4.69) is 21.7 Å². The van der Waals surface area contributed by atoms with Gasteiger partial charge in [0.05, 0.1) is 4.88 Å². The minimum atomic E-state index is 0.294. The summed E-state index contributed by atoms with van der Waals surface area (Å²) in [5.41, 5.74) is 1.81. The molecule has 2 aliphatic heterocycles. The Bertz CT molecular complexity index is 504. The summed E-state index contributed by atoms with van der Waals surface area (Å²) in [6, 6.07) is 2.17. The van der Waals surface area contributed by atoms with Crippen molar-refractivity contribution < 1.29 is 4.79 Å². The number of piperidine rings is 1. The highest BCUT2D eigenvalue weighted by molar-refractivity contribution is 7.12. The van der Waals surface area contributed by atoms with Gasteiger partial charge in [0.25, 0.3) is 5.91 Å². The van der Waals surface area contributed by atoms with Gasteiger partial charge in [0.2, 0.25) is 0 Å². The Morgan fingerprint density at radius 3 is 2.75 bits per heavy atom. The molecule has 1 saturated carbocycles. The number of rotatable bonds is 2.